The van der Waals surface area contributed by atoms with Gasteiger partial charge >= 0.3 is 6.36 Å². The number of hydrogen-bond acceptors (Lipinski definition) is 4. The van der Waals surface area contributed by atoms with E-state index in [0.29, 0.717) is 5.56 Å². The highest BCUT2D eigenvalue weighted by Crippen LogP contribution is 2.32. The molecule has 3 rings (SSSR count). The molecule has 0 spiro atoms. The van der Waals surface area contributed by atoms with Gasteiger partial charge in [-0.15, -0.1) is 13.2 Å². The van der Waals surface area contributed by atoms with Gasteiger partial charge in [0.2, 0.25) is 9.84 Å². The van der Waals surface area contributed by atoms with Crippen molar-refractivity contribution in [2.45, 2.75) is 35.9 Å². The molecule has 0 unspecified atom stereocenters. The number of rotatable bonds is 7. The van der Waals surface area contributed by atoms with Crippen LogP contribution in [-0.4, -0.2) is 20.6 Å². The normalized spacial score (nSPS) is 11.9. The summed E-state index contributed by atoms with van der Waals surface area (Å²) in [6.07, 6.45) is -4.72. The zero-order chi connectivity index (χ0) is 23.5. The maximum absolute atomic E-state index is 14.2. The molecule has 4 nitrogen and oxygen atoms in total. The van der Waals surface area contributed by atoms with Gasteiger partial charge in [-0.25, -0.2) is 12.8 Å². The molecule has 0 aliphatic heterocycles. The van der Waals surface area contributed by atoms with Crippen LogP contribution in [0.1, 0.15) is 23.6 Å². The second-order valence-electron chi connectivity index (χ2n) is 7.12. The summed E-state index contributed by atoms with van der Waals surface area (Å²) < 4.78 is 82.4. The summed E-state index contributed by atoms with van der Waals surface area (Å²) in [6, 6.07) is 14.4. The summed E-state index contributed by atoms with van der Waals surface area (Å²) in [6.45, 7) is 1.46. The van der Waals surface area contributed by atoms with Crippen molar-refractivity contribution >= 4 is 15.6 Å². The van der Waals surface area contributed by atoms with Crippen LogP contribution >= 0.6 is 0 Å². The van der Waals surface area contributed by atoms with Gasteiger partial charge in [0.1, 0.15) is 22.2 Å². The summed E-state index contributed by atoms with van der Waals surface area (Å²) in [5.41, 5.74) is 1.60. The molecule has 0 saturated heterocycles. The van der Waals surface area contributed by atoms with Gasteiger partial charge in [0, 0.05) is 6.42 Å². The number of carbonyl (C=O) groups excluding carboxylic acids is 1. The Hall–Kier alpha value is -3.20. The van der Waals surface area contributed by atoms with Gasteiger partial charge in [0.25, 0.3) is 0 Å². The summed E-state index contributed by atoms with van der Waals surface area (Å²) >= 11 is 0. The molecular formula is C23H18F4O4S. The van der Waals surface area contributed by atoms with E-state index < -0.39 is 37.6 Å². The molecule has 3 aromatic rings. The Bertz CT molecular complexity index is 1230. The summed E-state index contributed by atoms with van der Waals surface area (Å²) in [7, 11) is -4.49. The van der Waals surface area contributed by atoms with Gasteiger partial charge < -0.3 is 4.74 Å². The first-order valence-corrected chi connectivity index (χ1v) is 10.9. The van der Waals surface area contributed by atoms with Crippen LogP contribution in [0.2, 0.25) is 0 Å². The quantitative estimate of drug-likeness (QED) is 0.445. The Morgan fingerprint density at radius 1 is 0.906 bits per heavy atom. The maximum atomic E-state index is 14.2. The highest BCUT2D eigenvalue weighted by molar-refractivity contribution is 7.91. The second-order valence-corrected chi connectivity index (χ2v) is 9.01. The van der Waals surface area contributed by atoms with Crippen molar-refractivity contribution in [1.29, 1.82) is 0 Å². The van der Waals surface area contributed by atoms with E-state index in [0.717, 1.165) is 29.8 Å². The molecule has 0 heterocycles. The van der Waals surface area contributed by atoms with Crippen LogP contribution in [0.3, 0.4) is 0 Å². The van der Waals surface area contributed by atoms with Crippen molar-refractivity contribution in [3.05, 3.63) is 89.2 Å². The molecule has 0 bridgehead atoms. The van der Waals surface area contributed by atoms with Gasteiger partial charge in [-0.1, -0.05) is 42.5 Å². The molecule has 0 saturated carbocycles. The standard InChI is InChI=1S/C23H18F4O4S/c1-15(28)12-16-6-8-17(9-7-16)13-18-10-11-19(31-23(25,26)27)14-22(18)32(29,30)21-5-3-2-4-20(21)24/h2-11,14H,12-13H2,1H3. The Balaban J connectivity index is 2.06. The van der Waals surface area contributed by atoms with E-state index in [1.54, 1.807) is 24.3 Å². The number of sulfone groups is 1. The SMILES string of the molecule is CC(=O)Cc1ccc(Cc2ccc(OC(F)(F)F)cc2S(=O)(=O)c2ccccc2F)cc1. The first-order valence-electron chi connectivity index (χ1n) is 9.41. The average Bonchev–Trinajstić information content (AvgIpc) is 2.69. The Morgan fingerprint density at radius 2 is 1.53 bits per heavy atom. The largest absolute Gasteiger partial charge is 0.573 e. The van der Waals surface area contributed by atoms with Gasteiger partial charge in [-0.05, 0) is 54.3 Å². The first-order chi connectivity index (χ1) is 15.0. The predicted molar refractivity (Wildman–Crippen MR) is 109 cm³/mol. The number of hydrogen-bond donors (Lipinski definition) is 0. The smallest absolute Gasteiger partial charge is 0.406 e. The lowest BCUT2D eigenvalue weighted by Crippen LogP contribution is -2.18. The lowest BCUT2D eigenvalue weighted by molar-refractivity contribution is -0.274. The molecule has 0 amide bonds. The van der Waals surface area contributed by atoms with Crippen LogP contribution in [0.15, 0.2) is 76.5 Å². The van der Waals surface area contributed by atoms with Crippen molar-refractivity contribution in [3.8, 4) is 5.75 Å². The van der Waals surface area contributed by atoms with Gasteiger partial charge in [-0.3, -0.25) is 4.79 Å². The maximum Gasteiger partial charge on any atom is 0.573 e. The summed E-state index contributed by atoms with van der Waals surface area (Å²) in [5.74, 6) is -1.77. The Morgan fingerprint density at radius 3 is 2.12 bits per heavy atom. The highest BCUT2D eigenvalue weighted by atomic mass is 32.2. The number of alkyl halides is 3. The molecular weight excluding hydrogens is 448 g/mol. The minimum Gasteiger partial charge on any atom is -0.406 e. The topological polar surface area (TPSA) is 60.4 Å². The zero-order valence-corrected chi connectivity index (χ0v) is 17.6. The summed E-state index contributed by atoms with van der Waals surface area (Å²) in [4.78, 5) is 10.1. The fourth-order valence-electron chi connectivity index (χ4n) is 3.19. The van der Waals surface area contributed by atoms with Gasteiger partial charge in [0.05, 0.1) is 4.90 Å². The predicted octanol–water partition coefficient (Wildman–Crippen LogP) is 5.28. The molecule has 0 aliphatic rings. The molecule has 0 aromatic heterocycles. The number of benzene rings is 3. The lowest BCUT2D eigenvalue weighted by atomic mass is 10.0. The number of Topliss-reactive ketones (excluding diaryl/α,β-unsaturated/α-hetero) is 1. The van der Waals surface area contributed by atoms with E-state index >= 15 is 0 Å². The fraction of sp³-hybridized carbons (Fsp3) is 0.174. The van der Waals surface area contributed by atoms with Gasteiger partial charge in [-0.2, -0.15) is 0 Å². The molecule has 0 N–H and O–H groups in total. The van der Waals surface area contributed by atoms with Crippen molar-refractivity contribution in [2.75, 3.05) is 0 Å². The van der Waals surface area contributed by atoms with Crippen LogP contribution in [0.5, 0.6) is 5.75 Å². The first kappa shape index (κ1) is 23.5. The van der Waals surface area contributed by atoms with E-state index in [4.69, 9.17) is 0 Å². The number of ketones is 1. The van der Waals surface area contributed by atoms with E-state index in [1.165, 1.54) is 25.1 Å². The third-order valence-corrected chi connectivity index (χ3v) is 6.43. The molecule has 0 atom stereocenters. The average molecular weight is 466 g/mol. The number of halogens is 4. The van der Waals surface area contributed by atoms with Crippen molar-refractivity contribution in [3.63, 3.8) is 0 Å². The molecule has 3 aromatic carbocycles. The zero-order valence-electron chi connectivity index (χ0n) is 16.8. The van der Waals surface area contributed by atoms with E-state index in [9.17, 15) is 30.8 Å². The van der Waals surface area contributed by atoms with E-state index in [-0.39, 0.29) is 24.2 Å². The summed E-state index contributed by atoms with van der Waals surface area (Å²) in [5, 5.41) is 0. The van der Waals surface area contributed by atoms with Crippen LogP contribution in [0, 0.1) is 5.82 Å². The van der Waals surface area contributed by atoms with Crippen LogP contribution in [-0.2, 0) is 27.5 Å². The monoisotopic (exact) mass is 466 g/mol. The fourth-order valence-corrected chi connectivity index (χ4v) is 4.77. The minimum atomic E-state index is -5.02. The second kappa shape index (κ2) is 9.12. The van der Waals surface area contributed by atoms with E-state index in [2.05, 4.69) is 4.74 Å². The van der Waals surface area contributed by atoms with Crippen molar-refractivity contribution < 1.29 is 35.5 Å². The van der Waals surface area contributed by atoms with E-state index in [1.807, 2.05) is 0 Å². The molecule has 0 radical (unpaired) electrons. The minimum absolute atomic E-state index is 0.0173. The molecule has 32 heavy (non-hydrogen) atoms. The Labute approximate surface area is 182 Å². The molecule has 9 heteroatoms. The molecule has 0 fully saturated rings. The number of ether oxygens (including phenoxy) is 1. The third kappa shape index (κ3) is 5.73. The van der Waals surface area contributed by atoms with Gasteiger partial charge in [0.15, 0.2) is 0 Å². The van der Waals surface area contributed by atoms with Crippen LogP contribution in [0.4, 0.5) is 17.6 Å². The molecule has 168 valence electrons. The third-order valence-electron chi connectivity index (χ3n) is 4.56. The van der Waals surface area contributed by atoms with Crippen molar-refractivity contribution in [2.24, 2.45) is 0 Å². The number of carbonyl (C=O) groups is 1. The van der Waals surface area contributed by atoms with Crippen LogP contribution < -0.4 is 4.74 Å². The van der Waals surface area contributed by atoms with Crippen LogP contribution in [0.25, 0.3) is 0 Å². The highest BCUT2D eigenvalue weighted by Gasteiger charge is 2.32. The van der Waals surface area contributed by atoms with Crippen molar-refractivity contribution in [1.82, 2.24) is 0 Å². The Kier molecular flexibility index (Phi) is 6.68. The lowest BCUT2D eigenvalue weighted by Gasteiger charge is -2.15. The molecule has 0 aliphatic carbocycles.